The fourth-order valence-corrected chi connectivity index (χ4v) is 17.7. The van der Waals surface area contributed by atoms with Crippen LogP contribution in [0, 0.1) is 12.8 Å². The second kappa shape index (κ2) is 52.6. The molecule has 4 aromatic rings. The Bertz CT molecular complexity index is 4590. The Kier molecular flexibility index (Phi) is 44.3. The molecule has 0 radical (unpaired) electrons. The number of aromatic amines is 1. The third-order valence-electron chi connectivity index (χ3n) is 20.6. The number of nitrogens with one attached hydrogen (secondary N) is 8. The Morgan fingerprint density at radius 2 is 1.28 bits per heavy atom. The number of aliphatic hydroxyl groups is 10. The van der Waals surface area contributed by atoms with Crippen molar-refractivity contribution in [1.29, 1.82) is 0 Å². The van der Waals surface area contributed by atoms with Gasteiger partial charge < -0.3 is 187 Å². The lowest BCUT2D eigenvalue weighted by atomic mass is 9.96. The van der Waals surface area contributed by atoms with Crippen molar-refractivity contribution in [3.63, 3.8) is 0 Å². The number of nitrogens with zero attached hydrogens (tertiary/aromatic N) is 5. The molecule has 9 heterocycles. The van der Waals surface area contributed by atoms with Crippen LogP contribution >= 0.6 is 38.3 Å². The van der Waals surface area contributed by atoms with Crippen LogP contribution in [-0.2, 0) is 106 Å². The van der Waals surface area contributed by atoms with Gasteiger partial charge >= 0.3 is 27.8 Å². The number of hydrogen-bond acceptors (Lipinski definition) is 47. The maximum atomic E-state index is 15.2. The number of aliphatic hydroxyl groups excluding tert-OH is 10. The molecule has 0 saturated carbocycles. The highest BCUT2D eigenvalue weighted by molar-refractivity contribution is 7.95. The van der Waals surface area contributed by atoms with Crippen LogP contribution in [0.3, 0.4) is 0 Å². The first-order chi connectivity index (χ1) is 63.0. The molecule has 5 aliphatic heterocycles. The van der Waals surface area contributed by atoms with Gasteiger partial charge in [-0.2, -0.15) is 0 Å². The largest absolute Gasteiger partial charge is 0.472 e. The van der Waals surface area contributed by atoms with E-state index in [1.165, 1.54) is 55.8 Å². The van der Waals surface area contributed by atoms with Crippen molar-refractivity contribution in [2.75, 3.05) is 76.7 Å². The summed E-state index contributed by atoms with van der Waals surface area (Å²) >= 11 is 2.52. The quantitative estimate of drug-likeness (QED) is 0.00642. The zero-order chi connectivity index (χ0) is 99.7. The number of aromatic nitrogens is 6. The number of imidazole rings is 1. The predicted octanol–water partition coefficient (Wildman–Crippen LogP) is -11.1. The molecule has 58 nitrogen and oxygen atoms in total. The van der Waals surface area contributed by atoms with E-state index in [2.05, 4.69) is 80.0 Å². The number of phosphoric ester groups is 2. The van der Waals surface area contributed by atoms with Crippen LogP contribution in [-0.4, -0.2) is 373 Å². The van der Waals surface area contributed by atoms with E-state index >= 15 is 4.79 Å². The molecule has 10 amide bonds. The number of anilines is 1. The molecule has 11 unspecified atom stereocenters. The Morgan fingerprint density at radius 1 is 0.679 bits per heavy atom. The van der Waals surface area contributed by atoms with E-state index in [0.29, 0.717) is 22.3 Å². The average Bonchev–Trinajstić information content (AvgIpc) is 0.937. The standard InChI is InChI=1S/C55H83N17O21S3.C15H31N3O13P2.CH4N2O2/c1-20-33(69-46(72-44(20)58)25(12-31(57)76)64-13-24(56)45(59)82)50(86)71-35(41(26-14-61-19-65-26)91-54-43(39(80)37(78)29(15-73)90-54)92-53-40(81)42(93-55(60)88)38(79)30(16-74)89-53)51(87)66-22(3)36(77)21(2)47(83)70-34(23(4)75)49(85)63-10-8-32-67-28(18-94-32)52-68-27(17-95-52)48(84)62-9-7-11-96(5)6;16-13-1-7(20)11(28-13)5-25-32(21,22)31-9-3-15(18)29-12(9)6-26-33(23,24)30-8-2-14(17)27-10(8)4-19;2-1(4)3-5/h14,17-19,21-25,29-30,34-43,53-54,64,73-75,77-81H,7-13,15-16,56H2,1-6H3,(H13-,57,58,59,60,61,62,63,65,66,69,70,71,72,76,82,83,84,85,86,87,88);7-15,19-20H,1-6,16-18H2,(H,21,22)(H,23,24);5H,(H3,2,3,4)/p+1/t21-,22+,23+,24-,25-,29-,30-,34-,35-,36-,37-,38-,39+,40-,41-,42+,43-,53-,54-;;/m0../s1. The molecule has 756 valence electrons. The number of hydrogen-bond donors (Lipinski definition) is 30. The lowest BCUT2D eigenvalue weighted by Crippen LogP contribution is -2.65. The molecule has 0 aliphatic carbocycles. The number of H-pyrrole nitrogens is 1. The summed E-state index contributed by atoms with van der Waals surface area (Å²) < 4.78 is 89.0. The molecule has 39 N–H and O–H groups in total. The summed E-state index contributed by atoms with van der Waals surface area (Å²) in [6.45, 7) is 1.67. The third kappa shape index (κ3) is 33.3. The van der Waals surface area contributed by atoms with E-state index in [4.69, 9.17) is 107 Å². The summed E-state index contributed by atoms with van der Waals surface area (Å²) in [4.78, 5) is 160. The first-order valence-electron chi connectivity index (χ1n) is 41.0. The smallest absolute Gasteiger partial charge is 0.441 e. The number of amides is 10. The molecule has 0 aromatic carbocycles. The van der Waals surface area contributed by atoms with Gasteiger partial charge in [0.2, 0.25) is 29.5 Å². The molecule has 30 atom stereocenters. The van der Waals surface area contributed by atoms with Gasteiger partial charge in [-0.05, 0) is 31.7 Å². The molecule has 5 saturated heterocycles. The van der Waals surface area contributed by atoms with Gasteiger partial charge in [-0.3, -0.25) is 56.9 Å². The van der Waals surface area contributed by atoms with Crippen molar-refractivity contribution in [1.82, 2.24) is 67.3 Å². The zero-order valence-electron chi connectivity index (χ0n) is 72.8. The van der Waals surface area contributed by atoms with E-state index in [1.54, 1.807) is 10.8 Å². The molecule has 134 heavy (non-hydrogen) atoms. The van der Waals surface area contributed by atoms with Gasteiger partial charge in [-0.25, -0.2) is 49.1 Å². The highest BCUT2D eigenvalue weighted by atomic mass is 32.2. The Labute approximate surface area is 774 Å². The van der Waals surface area contributed by atoms with Crippen molar-refractivity contribution in [3.8, 4) is 10.7 Å². The van der Waals surface area contributed by atoms with Crippen LogP contribution in [0.25, 0.3) is 10.7 Å². The molecule has 5 fully saturated rings. The van der Waals surface area contributed by atoms with E-state index in [1.807, 2.05) is 0 Å². The van der Waals surface area contributed by atoms with Crippen LogP contribution < -0.4 is 89.0 Å². The van der Waals surface area contributed by atoms with Gasteiger partial charge in [-0.15, -0.1) is 22.7 Å². The minimum absolute atomic E-state index is 0.00498. The lowest BCUT2D eigenvalue weighted by molar-refractivity contribution is -0.372. The minimum atomic E-state index is -4.66. The van der Waals surface area contributed by atoms with E-state index in [-0.39, 0.29) is 84.2 Å². The Hall–Kier alpha value is -8.17. The number of carbonyl (C=O) groups is 9. The number of ether oxygens (including phenoxy) is 8. The maximum absolute atomic E-state index is 15.2. The van der Waals surface area contributed by atoms with Crippen LogP contribution in [0.2, 0.25) is 0 Å². The number of nitrogen functional groups attached to an aromatic ring is 1. The molecule has 5 aliphatic rings. The maximum Gasteiger partial charge on any atom is 0.472 e. The first-order valence-corrected chi connectivity index (χ1v) is 48.0. The summed E-state index contributed by atoms with van der Waals surface area (Å²) in [5.74, 6) is -7.69. The summed E-state index contributed by atoms with van der Waals surface area (Å²) in [7, 11) is -9.05. The highest BCUT2D eigenvalue weighted by Crippen LogP contribution is 2.51. The molecule has 63 heteroatoms. The Morgan fingerprint density at radius 3 is 1.84 bits per heavy atom. The molecule has 0 bridgehead atoms. The van der Waals surface area contributed by atoms with Gasteiger partial charge in [0.15, 0.2) is 18.7 Å². The summed E-state index contributed by atoms with van der Waals surface area (Å²) in [6, 6.07) is -8.79. The number of primary amides is 4. The van der Waals surface area contributed by atoms with Crippen LogP contribution in [0.5, 0.6) is 0 Å². The van der Waals surface area contributed by atoms with E-state index < -0.39 is 280 Å². The molecule has 4 aromatic heterocycles. The van der Waals surface area contributed by atoms with Gasteiger partial charge in [-0.1, -0.05) is 6.92 Å². The summed E-state index contributed by atoms with van der Waals surface area (Å²) in [5.41, 5.74) is 50.4. The number of thiazole rings is 2. The fourth-order valence-electron chi connectivity index (χ4n) is 13.5. The fraction of sp³-hybridized carbons (Fsp3) is 0.690. The van der Waals surface area contributed by atoms with Crippen LogP contribution in [0.1, 0.15) is 108 Å². The van der Waals surface area contributed by atoms with Gasteiger partial charge in [0.1, 0.15) is 150 Å². The zero-order valence-corrected chi connectivity index (χ0v) is 77.1. The lowest BCUT2D eigenvalue weighted by Gasteiger charge is -2.47. The second-order valence-electron chi connectivity index (χ2n) is 31.2. The van der Waals surface area contributed by atoms with Crippen molar-refractivity contribution in [3.05, 3.63) is 56.8 Å². The van der Waals surface area contributed by atoms with Crippen LogP contribution in [0.15, 0.2) is 23.3 Å². The number of nitrogens with two attached hydrogens (primary N) is 9. The number of carbonyl (C=O) groups excluding carboxylic acids is 9. The summed E-state index contributed by atoms with van der Waals surface area (Å²) in [6.07, 6.45) is -28.2. The SMILES string of the molecule is Cc1c(N)nc([C@H](CC(N)=O)NC[C@H](N)C(N)=O)nc1C(=O)N[C@H](C(=O)N[C@H](C)[C@@H](O)[C@H](C)C(=O)N[C@H](C(=O)NCCc1nc(-c2nc(C(=O)NCCC[S+](C)C)cs2)cs1)[C@@H](C)O)[C@@H](O[C@@H]1O[C@@H](CO)[C@H](O)[C@@H](O)[C@@H]1O[C@@H]1O[C@@H](CO)[C@H](O)[C@@H](OC(N)=O)[C@@H]1O)c1cnc[nH]1.NC(=O)NO.NC1CC(O)C(COP(=O)(O)OC2CC(N)OC2COP(=O)(O)OC2CC(N)OC2CO)O1. The predicted molar refractivity (Wildman–Crippen MR) is 460 cm³/mol. The average molecular weight is 2020 g/mol. The van der Waals surface area contributed by atoms with Crippen molar-refractivity contribution in [2.24, 2.45) is 51.8 Å². The summed E-state index contributed by atoms with van der Waals surface area (Å²) in [5, 5.41) is 135. The molecule has 0 spiro atoms. The monoisotopic (exact) mass is 2010 g/mol. The van der Waals surface area contributed by atoms with E-state index in [0.717, 1.165) is 24.7 Å². The number of urea groups is 1. The number of hydroxylamine groups is 1. The number of rotatable bonds is 46. The Balaban J connectivity index is 0.000000531. The van der Waals surface area contributed by atoms with Crippen molar-refractivity contribution in [2.45, 2.75) is 231 Å². The normalized spacial score (nSPS) is 28.0. The third-order valence-corrected chi connectivity index (χ3v) is 25.5. The minimum Gasteiger partial charge on any atom is -0.441 e. The molecule has 9 rings (SSSR count). The van der Waals surface area contributed by atoms with Crippen LogP contribution in [0.4, 0.5) is 15.4 Å². The van der Waals surface area contributed by atoms with E-state index in [9.17, 15) is 108 Å². The van der Waals surface area contributed by atoms with Gasteiger partial charge in [0.05, 0.1) is 111 Å². The molecular weight excluding hydrogens is 1900 g/mol. The first kappa shape index (κ1) is 113. The van der Waals surface area contributed by atoms with Crippen molar-refractivity contribution < 1.29 is 174 Å². The van der Waals surface area contributed by atoms with Gasteiger partial charge in [0.25, 0.3) is 11.8 Å². The van der Waals surface area contributed by atoms with Gasteiger partial charge in [0, 0.05) is 74.5 Å². The van der Waals surface area contributed by atoms with Crippen molar-refractivity contribution >= 4 is 109 Å². The topological polar surface area (TPSA) is 960 Å². The highest BCUT2D eigenvalue weighted by Gasteiger charge is 2.55. The number of phosphoric acid groups is 2. The second-order valence-corrected chi connectivity index (χ2v) is 38.2. The molecular formula is C71H119N22O36P2S3+.